The fourth-order valence-corrected chi connectivity index (χ4v) is 4.29. The summed E-state index contributed by atoms with van der Waals surface area (Å²) in [5, 5.41) is 12.1. The number of aryl methyl sites for hydroxylation is 1. The number of Topliss-reactive ketones (excluding diaryl/α,β-unsaturated/α-hetero) is 1. The summed E-state index contributed by atoms with van der Waals surface area (Å²) in [4.78, 5) is 27.9. The Balaban J connectivity index is 1.98. The molecule has 1 unspecified atom stereocenters. The second-order valence-corrected chi connectivity index (χ2v) is 8.56. The van der Waals surface area contributed by atoms with Crippen molar-refractivity contribution in [3.63, 3.8) is 0 Å². The fourth-order valence-electron chi connectivity index (χ4n) is 3.94. The average Bonchev–Trinajstić information content (AvgIpc) is 3.10. The van der Waals surface area contributed by atoms with E-state index in [0.29, 0.717) is 32.8 Å². The van der Waals surface area contributed by atoms with E-state index in [9.17, 15) is 14.7 Å². The zero-order chi connectivity index (χ0) is 24.6. The van der Waals surface area contributed by atoms with Gasteiger partial charge in [-0.1, -0.05) is 41.4 Å². The number of rotatable bonds is 5. The largest absolute Gasteiger partial charge is 0.507 e. The molecular weight excluding hydrogens is 477 g/mol. The van der Waals surface area contributed by atoms with Gasteiger partial charge in [-0.3, -0.25) is 14.5 Å². The lowest BCUT2D eigenvalue weighted by Gasteiger charge is -2.26. The molecule has 3 aromatic rings. The molecule has 1 amide bonds. The third-order valence-electron chi connectivity index (χ3n) is 5.73. The topological polar surface area (TPSA) is 76.1 Å². The van der Waals surface area contributed by atoms with Crippen molar-refractivity contribution in [1.82, 2.24) is 0 Å². The Morgan fingerprint density at radius 3 is 2.26 bits per heavy atom. The number of nitrogens with zero attached hydrogens (tertiary/aromatic N) is 1. The molecule has 174 valence electrons. The number of aliphatic hydroxyl groups excluding tert-OH is 1. The molecule has 0 aliphatic carbocycles. The summed E-state index contributed by atoms with van der Waals surface area (Å²) in [6.45, 7) is 1.84. The summed E-state index contributed by atoms with van der Waals surface area (Å²) in [6, 6.07) is 15.8. The maximum absolute atomic E-state index is 13.3. The molecule has 34 heavy (non-hydrogen) atoms. The number of amides is 1. The predicted molar refractivity (Wildman–Crippen MR) is 132 cm³/mol. The molecule has 8 heteroatoms. The summed E-state index contributed by atoms with van der Waals surface area (Å²) >= 11 is 12.5. The highest BCUT2D eigenvalue weighted by Crippen LogP contribution is 2.44. The molecule has 6 nitrogen and oxygen atoms in total. The monoisotopic (exact) mass is 497 g/mol. The molecule has 0 saturated carbocycles. The molecule has 0 bridgehead atoms. The van der Waals surface area contributed by atoms with Crippen LogP contribution in [0.5, 0.6) is 11.5 Å². The Morgan fingerprint density at radius 1 is 0.941 bits per heavy atom. The van der Waals surface area contributed by atoms with Gasteiger partial charge in [0, 0.05) is 15.7 Å². The van der Waals surface area contributed by atoms with E-state index in [1.807, 2.05) is 6.92 Å². The van der Waals surface area contributed by atoms with Gasteiger partial charge in [0.1, 0.15) is 17.3 Å². The first-order valence-corrected chi connectivity index (χ1v) is 11.1. The number of methoxy groups -OCH3 is 2. The van der Waals surface area contributed by atoms with Gasteiger partial charge in [0.05, 0.1) is 31.4 Å². The first-order chi connectivity index (χ1) is 16.3. The number of anilines is 1. The molecule has 1 aliphatic rings. The van der Waals surface area contributed by atoms with Crippen LogP contribution in [-0.4, -0.2) is 31.0 Å². The van der Waals surface area contributed by atoms with Crippen molar-refractivity contribution in [2.45, 2.75) is 13.0 Å². The van der Waals surface area contributed by atoms with Crippen LogP contribution in [0.2, 0.25) is 10.0 Å². The van der Waals surface area contributed by atoms with E-state index in [1.54, 1.807) is 61.7 Å². The van der Waals surface area contributed by atoms with Crippen LogP contribution in [0.4, 0.5) is 5.69 Å². The van der Waals surface area contributed by atoms with Crippen LogP contribution in [0, 0.1) is 6.92 Å². The van der Waals surface area contributed by atoms with Crippen LogP contribution in [0.15, 0.2) is 66.2 Å². The van der Waals surface area contributed by atoms with Crippen molar-refractivity contribution in [1.29, 1.82) is 0 Å². The van der Waals surface area contributed by atoms with Crippen LogP contribution in [0.1, 0.15) is 22.7 Å². The Hall–Kier alpha value is -3.48. The number of benzene rings is 3. The van der Waals surface area contributed by atoms with E-state index in [0.717, 1.165) is 5.56 Å². The van der Waals surface area contributed by atoms with Gasteiger partial charge in [0.2, 0.25) is 0 Å². The van der Waals surface area contributed by atoms with Crippen LogP contribution < -0.4 is 14.4 Å². The zero-order valence-electron chi connectivity index (χ0n) is 18.6. The Labute approximate surface area is 206 Å². The molecule has 1 aliphatic heterocycles. The van der Waals surface area contributed by atoms with Crippen LogP contribution >= 0.6 is 23.2 Å². The summed E-state index contributed by atoms with van der Waals surface area (Å²) in [6.07, 6.45) is 0. The highest BCUT2D eigenvalue weighted by Gasteiger charge is 2.47. The number of halogens is 2. The molecule has 1 N–H and O–H groups in total. The zero-order valence-corrected chi connectivity index (χ0v) is 20.1. The highest BCUT2D eigenvalue weighted by atomic mass is 35.5. The molecule has 0 radical (unpaired) electrons. The van der Waals surface area contributed by atoms with E-state index in [4.69, 9.17) is 32.7 Å². The number of ketones is 1. The predicted octanol–water partition coefficient (Wildman–Crippen LogP) is 5.95. The Morgan fingerprint density at radius 2 is 1.65 bits per heavy atom. The number of carbonyl (C=O) groups is 2. The van der Waals surface area contributed by atoms with E-state index in [-0.39, 0.29) is 16.9 Å². The van der Waals surface area contributed by atoms with E-state index < -0.39 is 17.7 Å². The van der Waals surface area contributed by atoms with E-state index in [1.165, 1.54) is 18.1 Å². The minimum atomic E-state index is -0.923. The second-order valence-electron chi connectivity index (χ2n) is 7.72. The lowest BCUT2D eigenvalue weighted by molar-refractivity contribution is -0.132. The summed E-state index contributed by atoms with van der Waals surface area (Å²) in [7, 11) is 2.98. The van der Waals surface area contributed by atoms with Crippen molar-refractivity contribution < 1.29 is 24.2 Å². The quantitative estimate of drug-likeness (QED) is 0.268. The second kappa shape index (κ2) is 9.41. The Bertz CT molecular complexity index is 1320. The van der Waals surface area contributed by atoms with Gasteiger partial charge in [-0.2, -0.15) is 0 Å². The molecule has 4 rings (SSSR count). The van der Waals surface area contributed by atoms with Crippen LogP contribution in [0.3, 0.4) is 0 Å². The van der Waals surface area contributed by atoms with Gasteiger partial charge in [0.15, 0.2) is 0 Å². The SMILES string of the molecule is COc1ccc(C2/C(=C(\O)c3cc(Cl)ccc3OC)C(=O)C(=O)N2c2ccc(C)c(Cl)c2)cc1. The average molecular weight is 498 g/mol. The maximum atomic E-state index is 13.3. The van der Waals surface area contributed by atoms with Crippen molar-refractivity contribution in [2.24, 2.45) is 0 Å². The number of carbonyl (C=O) groups excluding carboxylic acids is 2. The first-order valence-electron chi connectivity index (χ1n) is 10.3. The van der Waals surface area contributed by atoms with E-state index >= 15 is 0 Å². The minimum absolute atomic E-state index is 0.0903. The van der Waals surface area contributed by atoms with Gasteiger partial charge < -0.3 is 14.6 Å². The highest BCUT2D eigenvalue weighted by molar-refractivity contribution is 6.52. The van der Waals surface area contributed by atoms with Crippen LogP contribution in [0.25, 0.3) is 5.76 Å². The lowest BCUT2D eigenvalue weighted by Crippen LogP contribution is -2.29. The third-order valence-corrected chi connectivity index (χ3v) is 6.37. The number of ether oxygens (including phenoxy) is 2. The van der Waals surface area contributed by atoms with Gasteiger partial charge >= 0.3 is 0 Å². The van der Waals surface area contributed by atoms with Crippen LogP contribution in [-0.2, 0) is 9.59 Å². The lowest BCUT2D eigenvalue weighted by atomic mass is 9.94. The normalized spacial score (nSPS) is 17.2. The van der Waals surface area contributed by atoms with Crippen molar-refractivity contribution >= 4 is 46.3 Å². The third kappa shape index (κ3) is 4.11. The van der Waals surface area contributed by atoms with Gasteiger partial charge in [-0.15, -0.1) is 0 Å². The molecule has 1 fully saturated rings. The molecular formula is C26H21Cl2NO5. The smallest absolute Gasteiger partial charge is 0.300 e. The summed E-state index contributed by atoms with van der Waals surface area (Å²) < 4.78 is 10.6. The van der Waals surface area contributed by atoms with Gasteiger partial charge in [-0.05, 0) is 60.5 Å². The number of hydrogen-bond donors (Lipinski definition) is 1. The molecule has 0 spiro atoms. The molecule has 1 heterocycles. The number of aliphatic hydroxyl groups is 1. The van der Waals surface area contributed by atoms with Crippen molar-refractivity contribution in [3.8, 4) is 11.5 Å². The molecule has 3 aromatic carbocycles. The minimum Gasteiger partial charge on any atom is -0.507 e. The summed E-state index contributed by atoms with van der Waals surface area (Å²) in [5.41, 5.74) is 1.96. The molecule has 1 saturated heterocycles. The van der Waals surface area contributed by atoms with Crippen molar-refractivity contribution in [2.75, 3.05) is 19.1 Å². The molecule has 1 atom stereocenters. The van der Waals surface area contributed by atoms with Crippen molar-refractivity contribution in [3.05, 3.63) is 93.0 Å². The Kier molecular flexibility index (Phi) is 6.55. The number of hydrogen-bond acceptors (Lipinski definition) is 5. The molecule has 0 aromatic heterocycles. The first kappa shape index (κ1) is 23.7. The standard InChI is InChI=1S/C26H21Cl2NO5/c1-14-4-8-17(13-20(14)28)29-23(15-5-9-18(33-2)10-6-15)22(25(31)26(29)32)24(30)19-12-16(27)7-11-21(19)34-3/h4-13,23,30H,1-3H3/b24-22+. The maximum Gasteiger partial charge on any atom is 0.300 e. The summed E-state index contributed by atoms with van der Waals surface area (Å²) in [5.74, 6) is -1.10. The fraction of sp³-hybridized carbons (Fsp3) is 0.154. The van der Waals surface area contributed by atoms with E-state index in [2.05, 4.69) is 0 Å². The van der Waals surface area contributed by atoms with Gasteiger partial charge in [-0.25, -0.2) is 0 Å². The van der Waals surface area contributed by atoms with Gasteiger partial charge in [0.25, 0.3) is 11.7 Å².